The van der Waals surface area contributed by atoms with Crippen molar-refractivity contribution in [3.63, 3.8) is 0 Å². The zero-order valence-electron chi connectivity index (χ0n) is 10.9. The van der Waals surface area contributed by atoms with Crippen LogP contribution in [0.2, 0.25) is 0 Å². The molecule has 1 aromatic heterocycles. The van der Waals surface area contributed by atoms with Crippen LogP contribution in [0.15, 0.2) is 28.8 Å². The summed E-state index contributed by atoms with van der Waals surface area (Å²) in [6, 6.07) is 8.37. The van der Waals surface area contributed by atoms with E-state index in [1.165, 1.54) is 5.56 Å². The molecule has 0 spiro atoms. The third-order valence-corrected chi connectivity index (χ3v) is 3.27. The van der Waals surface area contributed by atoms with Gasteiger partial charge in [0.25, 0.3) is 0 Å². The maximum Gasteiger partial charge on any atom is 0.240 e. The lowest BCUT2D eigenvalue weighted by Gasteiger charge is -2.12. The number of nitrogens with zero attached hydrogens (tertiary/aromatic N) is 2. The van der Waals surface area contributed by atoms with Gasteiger partial charge in [-0.15, -0.1) is 0 Å². The van der Waals surface area contributed by atoms with Gasteiger partial charge in [-0.1, -0.05) is 43.3 Å². The van der Waals surface area contributed by atoms with Gasteiger partial charge in [0, 0.05) is 5.56 Å². The number of nitrogens with two attached hydrogens (primary N) is 1. The molecule has 2 rings (SSSR count). The molecular formula is C14H19N3O. The topological polar surface area (TPSA) is 64.9 Å². The summed E-state index contributed by atoms with van der Waals surface area (Å²) in [6.45, 7) is 4.71. The van der Waals surface area contributed by atoms with Crippen LogP contribution in [0.4, 0.5) is 0 Å². The van der Waals surface area contributed by atoms with Crippen molar-refractivity contribution >= 4 is 0 Å². The highest BCUT2D eigenvalue weighted by Gasteiger charge is 2.10. The average molecular weight is 245 g/mol. The number of hydrogen-bond acceptors (Lipinski definition) is 4. The number of hydrogen-bond donors (Lipinski definition) is 1. The van der Waals surface area contributed by atoms with E-state index in [1.54, 1.807) is 0 Å². The molecule has 0 saturated heterocycles. The van der Waals surface area contributed by atoms with E-state index in [9.17, 15) is 0 Å². The lowest BCUT2D eigenvalue weighted by molar-refractivity contribution is 0.380. The first kappa shape index (κ1) is 12.8. The Morgan fingerprint density at radius 1 is 1.17 bits per heavy atom. The first-order chi connectivity index (χ1) is 8.78. The first-order valence-electron chi connectivity index (χ1n) is 6.41. The summed E-state index contributed by atoms with van der Waals surface area (Å²) in [5.41, 5.74) is 7.78. The molecule has 96 valence electrons. The first-order valence-corrected chi connectivity index (χ1v) is 6.41. The number of benzene rings is 1. The van der Waals surface area contributed by atoms with Crippen LogP contribution in [0.5, 0.6) is 0 Å². The molecule has 1 aromatic carbocycles. The van der Waals surface area contributed by atoms with E-state index < -0.39 is 0 Å². The quantitative estimate of drug-likeness (QED) is 0.879. The van der Waals surface area contributed by atoms with Crippen molar-refractivity contribution < 1.29 is 4.52 Å². The SMILES string of the molecule is CCC(CC)c1ccc(-c2noc(CN)n2)cc1. The fourth-order valence-electron chi connectivity index (χ4n) is 2.12. The summed E-state index contributed by atoms with van der Waals surface area (Å²) in [7, 11) is 0. The average Bonchev–Trinajstić information content (AvgIpc) is 2.90. The van der Waals surface area contributed by atoms with Crippen LogP contribution in [0.1, 0.15) is 44.1 Å². The lowest BCUT2D eigenvalue weighted by atomic mass is 9.93. The van der Waals surface area contributed by atoms with Gasteiger partial charge >= 0.3 is 0 Å². The van der Waals surface area contributed by atoms with E-state index in [2.05, 4.69) is 36.1 Å². The van der Waals surface area contributed by atoms with Gasteiger partial charge in [0.15, 0.2) is 0 Å². The predicted octanol–water partition coefficient (Wildman–Crippen LogP) is 3.10. The predicted molar refractivity (Wildman–Crippen MR) is 70.9 cm³/mol. The van der Waals surface area contributed by atoms with Crippen molar-refractivity contribution in [2.45, 2.75) is 39.2 Å². The van der Waals surface area contributed by atoms with E-state index >= 15 is 0 Å². The monoisotopic (exact) mass is 245 g/mol. The van der Waals surface area contributed by atoms with Crippen LogP contribution in [-0.4, -0.2) is 10.1 Å². The van der Waals surface area contributed by atoms with Gasteiger partial charge in [-0.3, -0.25) is 0 Å². The summed E-state index contributed by atoms with van der Waals surface area (Å²) in [6.07, 6.45) is 2.32. The molecular weight excluding hydrogens is 226 g/mol. The molecule has 0 amide bonds. The van der Waals surface area contributed by atoms with Gasteiger partial charge in [0.05, 0.1) is 6.54 Å². The molecule has 4 nitrogen and oxygen atoms in total. The molecule has 0 saturated carbocycles. The second-order valence-electron chi connectivity index (χ2n) is 4.35. The van der Waals surface area contributed by atoms with Crippen LogP contribution in [-0.2, 0) is 6.54 Å². The third kappa shape index (κ3) is 2.59. The van der Waals surface area contributed by atoms with Gasteiger partial charge in [-0.25, -0.2) is 0 Å². The van der Waals surface area contributed by atoms with Crippen molar-refractivity contribution in [3.8, 4) is 11.4 Å². The number of aromatic nitrogens is 2. The molecule has 0 aliphatic heterocycles. The Morgan fingerprint density at radius 3 is 2.33 bits per heavy atom. The molecule has 0 aliphatic rings. The van der Waals surface area contributed by atoms with Gasteiger partial charge in [0.2, 0.25) is 11.7 Å². The standard InChI is InChI=1S/C14H19N3O/c1-3-10(4-2)11-5-7-12(8-6-11)14-16-13(9-15)18-17-14/h5-8,10H,3-4,9,15H2,1-2H3. The highest BCUT2D eigenvalue weighted by Crippen LogP contribution is 2.25. The highest BCUT2D eigenvalue weighted by molar-refractivity contribution is 5.54. The summed E-state index contributed by atoms with van der Waals surface area (Å²) in [4.78, 5) is 4.21. The molecule has 0 radical (unpaired) electrons. The second-order valence-corrected chi connectivity index (χ2v) is 4.35. The van der Waals surface area contributed by atoms with E-state index in [1.807, 2.05) is 12.1 Å². The normalized spacial score (nSPS) is 11.1. The van der Waals surface area contributed by atoms with Crippen molar-refractivity contribution in [3.05, 3.63) is 35.7 Å². The van der Waals surface area contributed by atoms with Crippen LogP contribution >= 0.6 is 0 Å². The zero-order valence-corrected chi connectivity index (χ0v) is 10.9. The minimum absolute atomic E-state index is 0.277. The van der Waals surface area contributed by atoms with Gasteiger partial charge < -0.3 is 10.3 Å². The molecule has 1 heterocycles. The van der Waals surface area contributed by atoms with E-state index in [0.29, 0.717) is 17.6 Å². The van der Waals surface area contributed by atoms with E-state index in [-0.39, 0.29) is 6.54 Å². The lowest BCUT2D eigenvalue weighted by Crippen LogP contribution is -1.96. The third-order valence-electron chi connectivity index (χ3n) is 3.27. The van der Waals surface area contributed by atoms with E-state index in [0.717, 1.165) is 18.4 Å². The molecule has 0 unspecified atom stereocenters. The minimum atomic E-state index is 0.277. The Morgan fingerprint density at radius 2 is 1.83 bits per heavy atom. The Hall–Kier alpha value is -1.68. The smallest absolute Gasteiger partial charge is 0.240 e. The van der Waals surface area contributed by atoms with Crippen molar-refractivity contribution in [2.75, 3.05) is 0 Å². The van der Waals surface area contributed by atoms with Crippen molar-refractivity contribution in [1.82, 2.24) is 10.1 Å². The molecule has 0 atom stereocenters. The summed E-state index contributed by atoms with van der Waals surface area (Å²) in [5.74, 6) is 1.70. The Bertz CT molecular complexity index is 486. The maximum atomic E-state index is 5.44. The Kier molecular flexibility index (Phi) is 4.10. The Labute approximate surface area is 107 Å². The molecule has 18 heavy (non-hydrogen) atoms. The molecule has 4 heteroatoms. The minimum Gasteiger partial charge on any atom is -0.338 e. The zero-order chi connectivity index (χ0) is 13.0. The molecule has 0 bridgehead atoms. The molecule has 0 fully saturated rings. The molecule has 2 aromatic rings. The van der Waals surface area contributed by atoms with E-state index in [4.69, 9.17) is 10.3 Å². The van der Waals surface area contributed by atoms with Crippen LogP contribution < -0.4 is 5.73 Å². The fourth-order valence-corrected chi connectivity index (χ4v) is 2.12. The molecule has 2 N–H and O–H groups in total. The second kappa shape index (κ2) is 5.78. The van der Waals surface area contributed by atoms with Gasteiger partial charge in [-0.05, 0) is 24.3 Å². The Balaban J connectivity index is 2.21. The van der Waals surface area contributed by atoms with Crippen LogP contribution in [0.25, 0.3) is 11.4 Å². The van der Waals surface area contributed by atoms with Crippen molar-refractivity contribution in [1.29, 1.82) is 0 Å². The van der Waals surface area contributed by atoms with Crippen LogP contribution in [0.3, 0.4) is 0 Å². The summed E-state index contributed by atoms with van der Waals surface area (Å²) < 4.78 is 5.00. The largest absolute Gasteiger partial charge is 0.338 e. The highest BCUT2D eigenvalue weighted by atomic mass is 16.5. The number of rotatable bonds is 5. The van der Waals surface area contributed by atoms with Crippen LogP contribution in [0, 0.1) is 0 Å². The van der Waals surface area contributed by atoms with Crippen molar-refractivity contribution in [2.24, 2.45) is 5.73 Å². The van der Waals surface area contributed by atoms with Gasteiger partial charge in [-0.2, -0.15) is 4.98 Å². The molecule has 0 aliphatic carbocycles. The maximum absolute atomic E-state index is 5.44. The fraction of sp³-hybridized carbons (Fsp3) is 0.429. The summed E-state index contributed by atoms with van der Waals surface area (Å²) >= 11 is 0. The summed E-state index contributed by atoms with van der Waals surface area (Å²) in [5, 5.41) is 3.91. The van der Waals surface area contributed by atoms with Gasteiger partial charge in [0.1, 0.15) is 0 Å².